The minimum Gasteiger partial charge on any atom is -0.491 e. The summed E-state index contributed by atoms with van der Waals surface area (Å²) in [7, 11) is 0. The van der Waals surface area contributed by atoms with Crippen molar-refractivity contribution in [2.75, 3.05) is 59.2 Å². The molecule has 1 aromatic carbocycles. The Morgan fingerprint density at radius 1 is 0.939 bits per heavy atom. The zero-order valence-electron chi connectivity index (χ0n) is 18.8. The van der Waals surface area contributed by atoms with Gasteiger partial charge in [-0.15, -0.1) is 0 Å². The molecule has 2 saturated heterocycles. The SMILES string of the molecule is O=C1NCCOCCOc2ccc3ccc(=O)n(c3c2)CCN2CCC3(OCCCO3)C1C2. The standard InChI is InChI=1S/C24H31N3O6/c28-22-5-3-18-2-4-19-16-21(18)27(22)10-9-26-8-6-24(32-11-1-12-33-24)20(17-26)23(29)25-7-13-30-14-15-31-19/h2-5,16,20H,1,6-15,17H2,(H,25,29). The van der Waals surface area contributed by atoms with Gasteiger partial charge in [-0.25, -0.2) is 0 Å². The van der Waals surface area contributed by atoms with E-state index in [4.69, 9.17) is 18.9 Å². The Hall–Kier alpha value is -2.46. The van der Waals surface area contributed by atoms with E-state index in [0.717, 1.165) is 23.9 Å². The van der Waals surface area contributed by atoms with E-state index in [-0.39, 0.29) is 11.5 Å². The number of hydrogen-bond donors (Lipinski definition) is 1. The third kappa shape index (κ3) is 4.77. The van der Waals surface area contributed by atoms with Crippen LogP contribution < -0.4 is 15.6 Å². The summed E-state index contributed by atoms with van der Waals surface area (Å²) in [6, 6.07) is 9.23. The van der Waals surface area contributed by atoms with Crippen molar-refractivity contribution in [1.29, 1.82) is 0 Å². The van der Waals surface area contributed by atoms with Crippen molar-refractivity contribution in [2.45, 2.75) is 25.2 Å². The molecule has 1 spiro atoms. The van der Waals surface area contributed by atoms with Crippen LogP contribution in [-0.2, 0) is 25.5 Å². The van der Waals surface area contributed by atoms with Gasteiger partial charge in [0.1, 0.15) is 18.3 Å². The zero-order chi connectivity index (χ0) is 22.7. The largest absolute Gasteiger partial charge is 0.491 e. The molecule has 33 heavy (non-hydrogen) atoms. The highest BCUT2D eigenvalue weighted by atomic mass is 16.7. The number of hydrogen-bond acceptors (Lipinski definition) is 7. The quantitative estimate of drug-likeness (QED) is 0.631. The maximum absolute atomic E-state index is 13.1. The van der Waals surface area contributed by atoms with Gasteiger partial charge in [0.25, 0.3) is 5.56 Å². The van der Waals surface area contributed by atoms with Gasteiger partial charge >= 0.3 is 0 Å². The number of piperidine rings is 1. The molecule has 2 fully saturated rings. The molecule has 2 atom stereocenters. The number of amides is 1. The zero-order valence-corrected chi connectivity index (χ0v) is 18.8. The summed E-state index contributed by atoms with van der Waals surface area (Å²) < 4.78 is 25.4. The van der Waals surface area contributed by atoms with E-state index in [0.29, 0.717) is 71.4 Å². The van der Waals surface area contributed by atoms with Crippen molar-refractivity contribution >= 4 is 16.8 Å². The van der Waals surface area contributed by atoms with Gasteiger partial charge in [-0.05, 0) is 30.0 Å². The maximum atomic E-state index is 13.1. The number of pyridine rings is 1. The van der Waals surface area contributed by atoms with Gasteiger partial charge in [0, 0.05) is 51.3 Å². The predicted molar refractivity (Wildman–Crippen MR) is 121 cm³/mol. The third-order valence-electron chi connectivity index (χ3n) is 6.69. The van der Waals surface area contributed by atoms with Crippen molar-refractivity contribution < 1.29 is 23.7 Å². The summed E-state index contributed by atoms with van der Waals surface area (Å²) >= 11 is 0. The summed E-state index contributed by atoms with van der Waals surface area (Å²) in [4.78, 5) is 28.1. The molecule has 3 aliphatic rings. The molecule has 178 valence electrons. The first kappa shape index (κ1) is 22.3. The van der Waals surface area contributed by atoms with Gasteiger partial charge in [-0.3, -0.25) is 9.59 Å². The van der Waals surface area contributed by atoms with Gasteiger partial charge in [0.2, 0.25) is 5.91 Å². The van der Waals surface area contributed by atoms with E-state index < -0.39 is 11.7 Å². The molecule has 4 bridgehead atoms. The van der Waals surface area contributed by atoms with Crippen molar-refractivity contribution in [1.82, 2.24) is 14.8 Å². The van der Waals surface area contributed by atoms with Crippen LogP contribution in [0.3, 0.4) is 0 Å². The Balaban J connectivity index is 1.43. The van der Waals surface area contributed by atoms with Crippen LogP contribution >= 0.6 is 0 Å². The summed E-state index contributed by atoms with van der Waals surface area (Å²) in [6.45, 7) is 5.22. The summed E-state index contributed by atoms with van der Waals surface area (Å²) in [6.07, 6.45) is 1.45. The highest BCUT2D eigenvalue weighted by Crippen LogP contribution is 2.36. The number of nitrogens with one attached hydrogen (secondary N) is 1. The van der Waals surface area contributed by atoms with E-state index in [1.807, 2.05) is 24.3 Å². The molecule has 2 unspecified atom stereocenters. The molecular weight excluding hydrogens is 426 g/mol. The molecule has 0 radical (unpaired) electrons. The van der Waals surface area contributed by atoms with E-state index in [1.165, 1.54) is 0 Å². The van der Waals surface area contributed by atoms with Gasteiger partial charge in [0.15, 0.2) is 5.79 Å². The number of aromatic nitrogens is 1. The first-order valence-corrected chi connectivity index (χ1v) is 11.8. The summed E-state index contributed by atoms with van der Waals surface area (Å²) in [5.41, 5.74) is 0.787. The van der Waals surface area contributed by atoms with E-state index in [2.05, 4.69) is 10.2 Å². The molecule has 1 aromatic heterocycles. The Morgan fingerprint density at radius 2 is 1.79 bits per heavy atom. The highest BCUT2D eigenvalue weighted by Gasteiger charge is 2.50. The average Bonchev–Trinajstić information content (AvgIpc) is 2.83. The summed E-state index contributed by atoms with van der Waals surface area (Å²) in [5, 5.41) is 3.97. The van der Waals surface area contributed by atoms with E-state index in [1.54, 1.807) is 10.6 Å². The van der Waals surface area contributed by atoms with Crippen molar-refractivity contribution in [3.05, 3.63) is 40.7 Å². The lowest BCUT2D eigenvalue weighted by Gasteiger charge is -2.48. The van der Waals surface area contributed by atoms with Crippen molar-refractivity contribution in [2.24, 2.45) is 5.92 Å². The van der Waals surface area contributed by atoms with Crippen LogP contribution in [0.4, 0.5) is 0 Å². The molecular formula is C24H31N3O6. The molecule has 1 amide bonds. The number of benzene rings is 1. The smallest absolute Gasteiger partial charge is 0.251 e. The number of rotatable bonds is 0. The second-order valence-corrected chi connectivity index (χ2v) is 8.76. The van der Waals surface area contributed by atoms with Crippen molar-refractivity contribution in [3.63, 3.8) is 0 Å². The van der Waals surface area contributed by atoms with Crippen LogP contribution in [0.5, 0.6) is 5.75 Å². The topological polar surface area (TPSA) is 91.3 Å². The fourth-order valence-electron chi connectivity index (χ4n) is 4.92. The molecule has 5 rings (SSSR count). The monoisotopic (exact) mass is 457 g/mol. The molecule has 9 nitrogen and oxygen atoms in total. The molecule has 4 heterocycles. The molecule has 0 aliphatic carbocycles. The predicted octanol–water partition coefficient (Wildman–Crippen LogP) is 0.982. The van der Waals surface area contributed by atoms with E-state index in [9.17, 15) is 9.59 Å². The fraction of sp³-hybridized carbons (Fsp3) is 0.583. The molecule has 2 aromatic rings. The normalized spacial score (nSPS) is 26.5. The fourth-order valence-corrected chi connectivity index (χ4v) is 4.92. The Kier molecular flexibility index (Phi) is 6.64. The van der Waals surface area contributed by atoms with Crippen LogP contribution in [0.2, 0.25) is 0 Å². The van der Waals surface area contributed by atoms with Crippen LogP contribution in [0.15, 0.2) is 35.1 Å². The lowest BCUT2D eigenvalue weighted by Crippen LogP contribution is -2.61. The van der Waals surface area contributed by atoms with Gasteiger partial charge in [-0.2, -0.15) is 0 Å². The molecule has 3 aliphatic heterocycles. The Labute approximate surface area is 192 Å². The van der Waals surface area contributed by atoms with Crippen LogP contribution in [0.1, 0.15) is 12.8 Å². The second kappa shape index (κ2) is 9.80. The Morgan fingerprint density at radius 3 is 2.67 bits per heavy atom. The number of fused-ring (bicyclic) bond motifs is 4. The first-order chi connectivity index (χ1) is 16.1. The third-order valence-corrected chi connectivity index (χ3v) is 6.69. The lowest BCUT2D eigenvalue weighted by atomic mass is 9.88. The van der Waals surface area contributed by atoms with Crippen LogP contribution in [0.25, 0.3) is 10.9 Å². The molecule has 1 N–H and O–H groups in total. The number of carbonyl (C=O) groups excluding carboxylic acids is 1. The number of ether oxygens (including phenoxy) is 4. The first-order valence-electron chi connectivity index (χ1n) is 11.8. The van der Waals surface area contributed by atoms with E-state index >= 15 is 0 Å². The minimum atomic E-state index is -0.873. The molecule has 0 saturated carbocycles. The van der Waals surface area contributed by atoms with Gasteiger partial charge < -0.3 is 33.7 Å². The number of nitrogens with zero attached hydrogens (tertiary/aromatic N) is 2. The minimum absolute atomic E-state index is 0.0531. The summed E-state index contributed by atoms with van der Waals surface area (Å²) in [5.74, 6) is -0.700. The number of carbonyl (C=O) groups is 1. The van der Waals surface area contributed by atoms with Gasteiger partial charge in [0.05, 0.1) is 31.9 Å². The average molecular weight is 458 g/mol. The van der Waals surface area contributed by atoms with Crippen LogP contribution in [-0.4, -0.2) is 80.4 Å². The van der Waals surface area contributed by atoms with Crippen LogP contribution in [0, 0.1) is 5.92 Å². The van der Waals surface area contributed by atoms with Gasteiger partial charge in [-0.1, -0.05) is 0 Å². The lowest BCUT2D eigenvalue weighted by molar-refractivity contribution is -0.304. The molecule has 9 heteroatoms. The Bertz CT molecular complexity index is 1050. The highest BCUT2D eigenvalue weighted by molar-refractivity contribution is 5.81. The maximum Gasteiger partial charge on any atom is 0.251 e. The van der Waals surface area contributed by atoms with Crippen molar-refractivity contribution in [3.8, 4) is 5.75 Å². The second-order valence-electron chi connectivity index (χ2n) is 8.76.